The number of carboxylic acids is 1. The Bertz CT molecular complexity index is 489. The first-order chi connectivity index (χ1) is 8.69. The summed E-state index contributed by atoms with van der Waals surface area (Å²) >= 11 is 0. The highest BCUT2D eigenvalue weighted by molar-refractivity contribution is 5.91. The molecular weight excluding hydrogens is 246 g/mol. The highest BCUT2D eigenvalue weighted by Crippen LogP contribution is 2.20. The van der Waals surface area contributed by atoms with E-state index >= 15 is 0 Å². The third-order valence-electron chi connectivity index (χ3n) is 2.24. The fourth-order valence-electron chi connectivity index (χ4n) is 1.52. The lowest BCUT2D eigenvalue weighted by Crippen LogP contribution is -2.43. The summed E-state index contributed by atoms with van der Waals surface area (Å²) in [5.74, 6) is -1.16. The molecule has 1 rings (SSSR count). The molecule has 104 valence electrons. The molecule has 0 saturated carbocycles. The van der Waals surface area contributed by atoms with Gasteiger partial charge in [-0.1, -0.05) is 6.07 Å². The fraction of sp³-hybridized carbons (Fsp3) is 0.429. The number of amides is 1. The number of hydrogen-bond acceptors (Lipinski definition) is 3. The molecule has 0 heterocycles. The van der Waals surface area contributed by atoms with Gasteiger partial charge < -0.3 is 15.2 Å². The summed E-state index contributed by atoms with van der Waals surface area (Å²) in [7, 11) is 0. The predicted octanol–water partition coefficient (Wildman–Crippen LogP) is 1.99. The molecule has 0 saturated heterocycles. The van der Waals surface area contributed by atoms with Gasteiger partial charge in [-0.05, 0) is 45.4 Å². The van der Waals surface area contributed by atoms with E-state index < -0.39 is 5.97 Å². The van der Waals surface area contributed by atoms with Crippen LogP contribution in [0.25, 0.3) is 0 Å². The lowest BCUT2D eigenvalue weighted by Gasteiger charge is -2.20. The molecule has 5 nitrogen and oxygen atoms in total. The first-order valence-corrected chi connectivity index (χ1v) is 5.97. The van der Waals surface area contributed by atoms with Crippen molar-refractivity contribution in [2.45, 2.75) is 33.2 Å². The average Bonchev–Trinajstić information content (AvgIpc) is 2.23. The van der Waals surface area contributed by atoms with Gasteiger partial charge in [-0.15, -0.1) is 0 Å². The van der Waals surface area contributed by atoms with Crippen LogP contribution in [0.3, 0.4) is 0 Å². The van der Waals surface area contributed by atoms with Crippen LogP contribution in [0.1, 0.15) is 36.7 Å². The van der Waals surface area contributed by atoms with Crippen molar-refractivity contribution < 1.29 is 19.4 Å². The summed E-state index contributed by atoms with van der Waals surface area (Å²) in [5, 5.41) is 11.8. The third-order valence-corrected chi connectivity index (χ3v) is 2.24. The lowest BCUT2D eigenvalue weighted by atomic mass is 10.1. The Labute approximate surface area is 112 Å². The topological polar surface area (TPSA) is 75.6 Å². The van der Waals surface area contributed by atoms with Crippen LogP contribution in [0, 0.1) is 6.92 Å². The normalized spacial score (nSPS) is 10.9. The van der Waals surface area contributed by atoms with Crippen molar-refractivity contribution in [2.24, 2.45) is 0 Å². The Balaban J connectivity index is 2.75. The zero-order valence-corrected chi connectivity index (χ0v) is 11.6. The van der Waals surface area contributed by atoms with Crippen LogP contribution in [0.2, 0.25) is 0 Å². The van der Waals surface area contributed by atoms with Gasteiger partial charge in [0.1, 0.15) is 11.3 Å². The number of aromatic carboxylic acids is 1. The zero-order valence-electron chi connectivity index (χ0n) is 11.6. The maximum Gasteiger partial charge on any atom is 0.339 e. The number of rotatable bonds is 4. The molecule has 19 heavy (non-hydrogen) atoms. The van der Waals surface area contributed by atoms with Crippen molar-refractivity contribution in [2.75, 3.05) is 6.61 Å². The maximum atomic E-state index is 11.6. The van der Waals surface area contributed by atoms with Gasteiger partial charge in [0.2, 0.25) is 0 Å². The van der Waals surface area contributed by atoms with Gasteiger partial charge in [-0.25, -0.2) is 4.79 Å². The van der Waals surface area contributed by atoms with Gasteiger partial charge in [0.25, 0.3) is 5.91 Å². The highest BCUT2D eigenvalue weighted by Gasteiger charge is 2.16. The van der Waals surface area contributed by atoms with Crippen LogP contribution >= 0.6 is 0 Å². The molecule has 0 aromatic heterocycles. The van der Waals surface area contributed by atoms with Gasteiger partial charge in [0, 0.05) is 5.54 Å². The number of ether oxygens (including phenoxy) is 1. The summed E-state index contributed by atoms with van der Waals surface area (Å²) in [5.41, 5.74) is 0.577. The van der Waals surface area contributed by atoms with Crippen molar-refractivity contribution in [3.05, 3.63) is 29.3 Å². The number of benzene rings is 1. The second-order valence-electron chi connectivity index (χ2n) is 5.39. The molecule has 5 heteroatoms. The molecule has 1 aromatic carbocycles. The Morgan fingerprint density at radius 1 is 1.32 bits per heavy atom. The summed E-state index contributed by atoms with van der Waals surface area (Å²) in [6.07, 6.45) is 0. The van der Waals surface area contributed by atoms with Gasteiger partial charge in [-0.2, -0.15) is 0 Å². The van der Waals surface area contributed by atoms with E-state index in [-0.39, 0.29) is 29.4 Å². The number of aryl methyl sites for hydroxylation is 1. The number of carboxylic acid groups (broad SMARTS) is 1. The fourth-order valence-corrected chi connectivity index (χ4v) is 1.52. The van der Waals surface area contributed by atoms with Gasteiger partial charge in [0.05, 0.1) is 0 Å². The average molecular weight is 265 g/mol. The summed E-state index contributed by atoms with van der Waals surface area (Å²) < 4.78 is 5.29. The van der Waals surface area contributed by atoms with Crippen LogP contribution in [0.15, 0.2) is 18.2 Å². The molecule has 0 atom stereocenters. The Hall–Kier alpha value is -2.04. The van der Waals surface area contributed by atoms with E-state index in [9.17, 15) is 9.59 Å². The summed E-state index contributed by atoms with van der Waals surface area (Å²) in [6.45, 7) is 7.20. The smallest absolute Gasteiger partial charge is 0.339 e. The highest BCUT2D eigenvalue weighted by atomic mass is 16.5. The van der Waals surface area contributed by atoms with E-state index in [1.807, 2.05) is 27.7 Å². The van der Waals surface area contributed by atoms with Crippen molar-refractivity contribution in [1.29, 1.82) is 0 Å². The van der Waals surface area contributed by atoms with Crippen LogP contribution in [-0.4, -0.2) is 29.1 Å². The van der Waals surface area contributed by atoms with Crippen LogP contribution in [-0.2, 0) is 4.79 Å². The first kappa shape index (κ1) is 15.0. The molecule has 1 amide bonds. The second-order valence-corrected chi connectivity index (χ2v) is 5.39. The van der Waals surface area contributed by atoms with Gasteiger partial charge >= 0.3 is 5.97 Å². The standard InChI is InChI=1S/C14H19NO4/c1-9-5-6-10(13(17)18)11(7-9)19-8-12(16)15-14(2,3)4/h5-7H,8H2,1-4H3,(H,15,16)(H,17,18). The molecule has 0 unspecified atom stereocenters. The van der Waals surface area contributed by atoms with E-state index in [1.165, 1.54) is 6.07 Å². The van der Waals surface area contributed by atoms with Gasteiger partial charge in [-0.3, -0.25) is 4.79 Å². The number of hydrogen-bond donors (Lipinski definition) is 2. The van der Waals surface area contributed by atoms with Crippen LogP contribution in [0.5, 0.6) is 5.75 Å². The minimum absolute atomic E-state index is 0.0501. The van der Waals surface area contributed by atoms with E-state index in [2.05, 4.69) is 5.32 Å². The number of carbonyl (C=O) groups is 2. The summed E-state index contributed by atoms with van der Waals surface area (Å²) in [4.78, 5) is 22.6. The molecular formula is C14H19NO4. The first-order valence-electron chi connectivity index (χ1n) is 5.97. The number of nitrogens with one attached hydrogen (secondary N) is 1. The quantitative estimate of drug-likeness (QED) is 0.873. The van der Waals surface area contributed by atoms with Crippen LogP contribution in [0.4, 0.5) is 0 Å². The molecule has 0 fully saturated rings. The SMILES string of the molecule is Cc1ccc(C(=O)O)c(OCC(=O)NC(C)(C)C)c1. The molecule has 0 aliphatic carbocycles. The number of carbonyl (C=O) groups excluding carboxylic acids is 1. The minimum Gasteiger partial charge on any atom is -0.483 e. The Morgan fingerprint density at radius 3 is 2.47 bits per heavy atom. The largest absolute Gasteiger partial charge is 0.483 e. The van der Waals surface area contributed by atoms with Crippen molar-refractivity contribution >= 4 is 11.9 Å². The van der Waals surface area contributed by atoms with Crippen molar-refractivity contribution in [3.63, 3.8) is 0 Å². The molecule has 0 aliphatic heterocycles. The van der Waals surface area contributed by atoms with E-state index in [0.29, 0.717) is 0 Å². The third kappa shape index (κ3) is 4.99. The molecule has 0 spiro atoms. The monoisotopic (exact) mass is 265 g/mol. The summed E-state index contributed by atoms with van der Waals surface area (Å²) in [6, 6.07) is 4.76. The minimum atomic E-state index is -1.08. The predicted molar refractivity (Wildman–Crippen MR) is 71.5 cm³/mol. The Morgan fingerprint density at radius 2 is 1.95 bits per heavy atom. The van der Waals surface area contributed by atoms with Crippen LogP contribution < -0.4 is 10.1 Å². The molecule has 1 aromatic rings. The molecule has 0 aliphatic rings. The van der Waals surface area contributed by atoms with E-state index in [0.717, 1.165) is 5.56 Å². The van der Waals surface area contributed by atoms with Crippen molar-refractivity contribution in [1.82, 2.24) is 5.32 Å². The molecule has 0 radical (unpaired) electrons. The maximum absolute atomic E-state index is 11.6. The lowest BCUT2D eigenvalue weighted by molar-refractivity contribution is -0.124. The second kappa shape index (κ2) is 5.73. The zero-order chi connectivity index (χ0) is 14.6. The van der Waals surface area contributed by atoms with Crippen molar-refractivity contribution in [3.8, 4) is 5.75 Å². The molecule has 0 bridgehead atoms. The van der Waals surface area contributed by atoms with E-state index in [4.69, 9.17) is 9.84 Å². The van der Waals surface area contributed by atoms with Gasteiger partial charge in [0.15, 0.2) is 6.61 Å². The molecule has 2 N–H and O–H groups in total. The van der Waals surface area contributed by atoms with E-state index in [1.54, 1.807) is 12.1 Å². The Kier molecular flexibility index (Phi) is 4.53.